The molecule has 0 radical (unpaired) electrons. The Kier molecular flexibility index (Phi) is 5.44. The second kappa shape index (κ2) is 6.61. The van der Waals surface area contributed by atoms with Crippen LogP contribution < -0.4 is 5.32 Å². The van der Waals surface area contributed by atoms with Gasteiger partial charge >= 0.3 is 0 Å². The Labute approximate surface area is 98.5 Å². The molecule has 1 aromatic carbocycles. The molecule has 0 spiro atoms. The highest BCUT2D eigenvalue weighted by molar-refractivity contribution is 5.23. The molecule has 5 heteroatoms. The first-order chi connectivity index (χ1) is 8.04. The van der Waals surface area contributed by atoms with E-state index < -0.39 is 12.5 Å². The third kappa shape index (κ3) is 4.36. The van der Waals surface area contributed by atoms with E-state index in [0.29, 0.717) is 5.56 Å². The average Bonchev–Trinajstić information content (AvgIpc) is 2.28. The molecule has 1 aromatic rings. The number of benzene rings is 1. The fourth-order valence-electron chi connectivity index (χ4n) is 1.52. The van der Waals surface area contributed by atoms with Crippen molar-refractivity contribution in [2.45, 2.75) is 32.4 Å². The third-order valence-corrected chi connectivity index (χ3v) is 2.53. The van der Waals surface area contributed by atoms with Crippen molar-refractivity contribution in [3.8, 4) is 0 Å². The summed E-state index contributed by atoms with van der Waals surface area (Å²) >= 11 is 0. The molecule has 17 heavy (non-hydrogen) atoms. The number of halogens is 3. The molecule has 0 aliphatic heterocycles. The van der Waals surface area contributed by atoms with E-state index in [1.54, 1.807) is 19.1 Å². The van der Waals surface area contributed by atoms with Crippen molar-refractivity contribution in [2.75, 3.05) is 6.61 Å². The molecule has 1 unspecified atom stereocenters. The zero-order valence-corrected chi connectivity index (χ0v) is 9.59. The molecule has 0 aliphatic carbocycles. The van der Waals surface area contributed by atoms with E-state index in [-0.39, 0.29) is 25.4 Å². The minimum atomic E-state index is -2.52. The highest BCUT2D eigenvalue weighted by Gasteiger charge is 2.18. The highest BCUT2D eigenvalue weighted by atomic mass is 19.3. The summed E-state index contributed by atoms with van der Waals surface area (Å²) in [6, 6.07) is 3.45. The van der Waals surface area contributed by atoms with Gasteiger partial charge in [0.05, 0.1) is 6.04 Å². The Morgan fingerprint density at radius 1 is 1.35 bits per heavy atom. The zero-order valence-electron chi connectivity index (χ0n) is 9.59. The van der Waals surface area contributed by atoms with Crippen molar-refractivity contribution in [2.24, 2.45) is 0 Å². The molecule has 2 nitrogen and oxygen atoms in total. The van der Waals surface area contributed by atoms with Gasteiger partial charge in [-0.3, -0.25) is 0 Å². The number of hydrogen-bond donors (Lipinski definition) is 2. The van der Waals surface area contributed by atoms with Crippen LogP contribution in [-0.2, 0) is 6.54 Å². The van der Waals surface area contributed by atoms with Crippen LogP contribution in [0.15, 0.2) is 18.2 Å². The van der Waals surface area contributed by atoms with Gasteiger partial charge in [0.2, 0.25) is 0 Å². The van der Waals surface area contributed by atoms with Gasteiger partial charge in [0.15, 0.2) is 0 Å². The molecule has 96 valence electrons. The molecule has 2 N–H and O–H groups in total. The fourth-order valence-corrected chi connectivity index (χ4v) is 1.52. The van der Waals surface area contributed by atoms with E-state index >= 15 is 0 Å². The number of aliphatic hydroxyl groups is 1. The largest absolute Gasteiger partial charge is 0.396 e. The maximum absolute atomic E-state index is 13.0. The van der Waals surface area contributed by atoms with E-state index in [0.717, 1.165) is 5.56 Å². The van der Waals surface area contributed by atoms with Crippen LogP contribution in [0.1, 0.15) is 17.5 Å². The highest BCUT2D eigenvalue weighted by Crippen LogP contribution is 2.11. The summed E-state index contributed by atoms with van der Waals surface area (Å²) in [7, 11) is 0. The Morgan fingerprint density at radius 2 is 2.06 bits per heavy atom. The predicted molar refractivity (Wildman–Crippen MR) is 59.5 cm³/mol. The van der Waals surface area contributed by atoms with Crippen molar-refractivity contribution in [1.82, 2.24) is 5.32 Å². The number of nitrogens with one attached hydrogen (secondary N) is 1. The molecule has 0 bridgehead atoms. The first-order valence-electron chi connectivity index (χ1n) is 5.42. The molecule has 0 aliphatic rings. The molecule has 0 aromatic heterocycles. The van der Waals surface area contributed by atoms with Crippen LogP contribution in [0.25, 0.3) is 0 Å². The Morgan fingerprint density at radius 3 is 2.59 bits per heavy atom. The van der Waals surface area contributed by atoms with E-state index in [1.807, 2.05) is 0 Å². The number of alkyl halides is 2. The van der Waals surface area contributed by atoms with Crippen LogP contribution in [0.2, 0.25) is 0 Å². The lowest BCUT2D eigenvalue weighted by Gasteiger charge is -2.16. The van der Waals surface area contributed by atoms with E-state index in [9.17, 15) is 13.2 Å². The normalized spacial score (nSPS) is 13.1. The van der Waals surface area contributed by atoms with Crippen molar-refractivity contribution < 1.29 is 18.3 Å². The molecule has 0 heterocycles. The van der Waals surface area contributed by atoms with Gasteiger partial charge in [-0.15, -0.1) is 0 Å². The van der Waals surface area contributed by atoms with Crippen LogP contribution in [-0.4, -0.2) is 24.2 Å². The van der Waals surface area contributed by atoms with Crippen LogP contribution in [0, 0.1) is 12.7 Å². The lowest BCUT2D eigenvalue weighted by molar-refractivity contribution is 0.0826. The summed E-state index contributed by atoms with van der Waals surface area (Å²) in [5, 5.41) is 11.3. The molecule has 1 atom stereocenters. The van der Waals surface area contributed by atoms with Gasteiger partial charge in [0.1, 0.15) is 5.82 Å². The van der Waals surface area contributed by atoms with Gasteiger partial charge in [0.25, 0.3) is 6.43 Å². The molecule has 0 fully saturated rings. The van der Waals surface area contributed by atoms with Crippen molar-refractivity contribution in [1.29, 1.82) is 0 Å². The SMILES string of the molecule is Cc1cc(CNC(CCO)C(F)F)ccc1F. The zero-order chi connectivity index (χ0) is 12.8. The molecular formula is C12H16F3NO. The van der Waals surface area contributed by atoms with Gasteiger partial charge in [0, 0.05) is 13.2 Å². The van der Waals surface area contributed by atoms with Crippen molar-refractivity contribution in [3.63, 3.8) is 0 Å². The Bertz CT molecular complexity index is 358. The summed E-state index contributed by atoms with van der Waals surface area (Å²) < 4.78 is 38.0. The maximum Gasteiger partial charge on any atom is 0.253 e. The second-order valence-corrected chi connectivity index (χ2v) is 3.92. The van der Waals surface area contributed by atoms with Crippen LogP contribution >= 0.6 is 0 Å². The molecule has 0 amide bonds. The standard InChI is InChI=1S/C12H16F3NO/c1-8-6-9(2-3-10(8)13)7-16-11(4-5-17)12(14)15/h2-3,6,11-12,16-17H,4-5,7H2,1H3. The predicted octanol–water partition coefficient (Wildman–Crippen LogP) is 2.24. The van der Waals surface area contributed by atoms with Crippen molar-refractivity contribution >= 4 is 0 Å². The summed E-state index contributed by atoms with van der Waals surface area (Å²) in [4.78, 5) is 0. The van der Waals surface area contributed by atoms with Crippen LogP contribution in [0.5, 0.6) is 0 Å². The molecular weight excluding hydrogens is 231 g/mol. The minimum Gasteiger partial charge on any atom is -0.396 e. The van der Waals surface area contributed by atoms with Gasteiger partial charge in [-0.2, -0.15) is 0 Å². The monoisotopic (exact) mass is 247 g/mol. The topological polar surface area (TPSA) is 32.3 Å². The van der Waals surface area contributed by atoms with Gasteiger partial charge < -0.3 is 10.4 Å². The van der Waals surface area contributed by atoms with Crippen LogP contribution in [0.3, 0.4) is 0 Å². The summed E-state index contributed by atoms with van der Waals surface area (Å²) in [6.07, 6.45) is -2.53. The number of aryl methyl sites for hydroxylation is 1. The second-order valence-electron chi connectivity index (χ2n) is 3.92. The van der Waals surface area contributed by atoms with Gasteiger partial charge in [-0.25, -0.2) is 13.2 Å². The van der Waals surface area contributed by atoms with E-state index in [1.165, 1.54) is 6.07 Å². The molecule has 0 saturated carbocycles. The maximum atomic E-state index is 13.0. The number of hydrogen-bond acceptors (Lipinski definition) is 2. The summed E-state index contributed by atoms with van der Waals surface area (Å²) in [5.41, 5.74) is 1.23. The van der Waals surface area contributed by atoms with Crippen LogP contribution in [0.4, 0.5) is 13.2 Å². The number of aliphatic hydroxyl groups excluding tert-OH is 1. The lowest BCUT2D eigenvalue weighted by atomic mass is 10.1. The van der Waals surface area contributed by atoms with Crippen molar-refractivity contribution in [3.05, 3.63) is 35.1 Å². The first kappa shape index (κ1) is 14.0. The minimum absolute atomic E-state index is 0.00214. The Hall–Kier alpha value is -1.07. The Balaban J connectivity index is 2.56. The van der Waals surface area contributed by atoms with E-state index in [2.05, 4.69) is 5.32 Å². The first-order valence-corrected chi connectivity index (χ1v) is 5.42. The summed E-state index contributed by atoms with van der Waals surface area (Å²) in [6.45, 7) is 1.57. The fraction of sp³-hybridized carbons (Fsp3) is 0.500. The number of rotatable bonds is 6. The van der Waals surface area contributed by atoms with E-state index in [4.69, 9.17) is 5.11 Å². The average molecular weight is 247 g/mol. The molecule has 0 saturated heterocycles. The summed E-state index contributed by atoms with van der Waals surface area (Å²) in [5.74, 6) is -0.311. The quantitative estimate of drug-likeness (QED) is 0.808. The smallest absolute Gasteiger partial charge is 0.253 e. The van der Waals surface area contributed by atoms with Gasteiger partial charge in [-0.05, 0) is 30.5 Å². The third-order valence-electron chi connectivity index (χ3n) is 2.53. The van der Waals surface area contributed by atoms with Gasteiger partial charge in [-0.1, -0.05) is 12.1 Å². The molecule has 1 rings (SSSR count). The lowest BCUT2D eigenvalue weighted by Crippen LogP contribution is -2.35.